The largest absolute Gasteiger partial charge is 0.505 e. The molecule has 1 N–H and O–H groups in total. The van der Waals surface area contributed by atoms with Crippen LogP contribution >= 0.6 is 0 Å². The van der Waals surface area contributed by atoms with Gasteiger partial charge < -0.3 is 5.11 Å². The number of aromatic hydroxyl groups is 1. The molecule has 86 valence electrons. The van der Waals surface area contributed by atoms with Crippen LogP contribution in [0.25, 0.3) is 0 Å². The molecule has 0 aliphatic heterocycles. The maximum absolute atomic E-state index is 12.2. The van der Waals surface area contributed by atoms with Gasteiger partial charge in [-0.1, -0.05) is 0 Å². The molecule has 0 radical (unpaired) electrons. The second kappa shape index (κ2) is 3.92. The van der Waals surface area contributed by atoms with Crippen molar-refractivity contribution in [3.63, 3.8) is 0 Å². The van der Waals surface area contributed by atoms with Gasteiger partial charge in [-0.3, -0.25) is 0 Å². The zero-order valence-corrected chi connectivity index (χ0v) is 7.39. The molecular formula is C8H3F5N2O. The summed E-state index contributed by atoms with van der Waals surface area (Å²) in [5, 5.41) is 17.3. The van der Waals surface area contributed by atoms with Crippen LogP contribution in [0.5, 0.6) is 5.75 Å². The standard InChI is InChI=1S/C8H3F5N2O/c9-7(10)4-1-3(2-14)15-6(5(4)16)8(11,12)13/h1,7,16H. The third kappa shape index (κ3) is 2.18. The van der Waals surface area contributed by atoms with Gasteiger partial charge in [-0.15, -0.1) is 0 Å². The Morgan fingerprint density at radius 3 is 2.31 bits per heavy atom. The van der Waals surface area contributed by atoms with E-state index < -0.39 is 35.3 Å². The van der Waals surface area contributed by atoms with E-state index in [1.54, 1.807) is 0 Å². The summed E-state index contributed by atoms with van der Waals surface area (Å²) in [5.41, 5.74) is -3.99. The Morgan fingerprint density at radius 1 is 1.38 bits per heavy atom. The molecule has 0 amide bonds. The molecule has 1 aromatic heterocycles. The Kier molecular flexibility index (Phi) is 2.98. The Bertz CT molecular complexity index is 449. The van der Waals surface area contributed by atoms with Gasteiger partial charge in [0.15, 0.2) is 11.4 Å². The molecule has 0 atom stereocenters. The van der Waals surface area contributed by atoms with Crippen molar-refractivity contribution in [2.75, 3.05) is 0 Å². The predicted molar refractivity (Wildman–Crippen MR) is 40.6 cm³/mol. The third-order valence-corrected chi connectivity index (χ3v) is 1.64. The summed E-state index contributed by atoms with van der Waals surface area (Å²) < 4.78 is 61.2. The average Bonchev–Trinajstić information content (AvgIpc) is 2.15. The summed E-state index contributed by atoms with van der Waals surface area (Å²) in [6.07, 6.45) is -8.42. The smallest absolute Gasteiger partial charge is 0.437 e. The number of rotatable bonds is 1. The molecule has 3 nitrogen and oxygen atoms in total. The number of halogens is 5. The number of hydrogen-bond donors (Lipinski definition) is 1. The zero-order chi connectivity index (χ0) is 12.5. The van der Waals surface area contributed by atoms with Crippen molar-refractivity contribution in [2.24, 2.45) is 0 Å². The number of alkyl halides is 5. The van der Waals surface area contributed by atoms with Crippen LogP contribution in [0.4, 0.5) is 22.0 Å². The number of nitriles is 1. The molecule has 0 saturated carbocycles. The van der Waals surface area contributed by atoms with Crippen LogP contribution in [-0.4, -0.2) is 10.1 Å². The molecule has 8 heteroatoms. The van der Waals surface area contributed by atoms with E-state index >= 15 is 0 Å². The van der Waals surface area contributed by atoms with Gasteiger partial charge >= 0.3 is 6.18 Å². The lowest BCUT2D eigenvalue weighted by Gasteiger charge is -2.11. The molecule has 16 heavy (non-hydrogen) atoms. The first-order valence-electron chi connectivity index (χ1n) is 3.76. The summed E-state index contributed by atoms with van der Waals surface area (Å²) in [5.74, 6) is -1.65. The Morgan fingerprint density at radius 2 is 1.94 bits per heavy atom. The van der Waals surface area contributed by atoms with E-state index in [1.807, 2.05) is 0 Å². The lowest BCUT2D eigenvalue weighted by molar-refractivity contribution is -0.142. The average molecular weight is 238 g/mol. The minimum atomic E-state index is -5.10. The highest BCUT2D eigenvalue weighted by Crippen LogP contribution is 2.39. The third-order valence-electron chi connectivity index (χ3n) is 1.64. The summed E-state index contributed by atoms with van der Waals surface area (Å²) in [7, 11) is 0. The van der Waals surface area contributed by atoms with E-state index in [2.05, 4.69) is 4.98 Å². The van der Waals surface area contributed by atoms with E-state index in [0.29, 0.717) is 6.07 Å². The normalized spacial score (nSPS) is 11.6. The van der Waals surface area contributed by atoms with Crippen LogP contribution in [0.3, 0.4) is 0 Å². The van der Waals surface area contributed by atoms with Crippen LogP contribution in [-0.2, 0) is 6.18 Å². The molecule has 0 saturated heterocycles. The van der Waals surface area contributed by atoms with E-state index in [4.69, 9.17) is 10.4 Å². The van der Waals surface area contributed by atoms with Crippen molar-refractivity contribution in [3.05, 3.63) is 23.0 Å². The zero-order valence-electron chi connectivity index (χ0n) is 7.39. The van der Waals surface area contributed by atoms with Gasteiger partial charge in [0.2, 0.25) is 0 Å². The summed E-state index contributed by atoms with van der Waals surface area (Å²) >= 11 is 0. The first-order chi connectivity index (χ1) is 7.27. The van der Waals surface area contributed by atoms with Crippen molar-refractivity contribution in [2.45, 2.75) is 12.6 Å². The fourth-order valence-electron chi connectivity index (χ4n) is 0.979. The molecule has 0 aromatic carbocycles. The van der Waals surface area contributed by atoms with Crippen LogP contribution in [0.15, 0.2) is 6.07 Å². The summed E-state index contributed by atoms with van der Waals surface area (Å²) in [6.45, 7) is 0. The number of pyridine rings is 1. The molecule has 1 heterocycles. The van der Waals surface area contributed by atoms with Crippen LogP contribution in [0, 0.1) is 11.3 Å². The highest BCUT2D eigenvalue weighted by molar-refractivity contribution is 5.42. The van der Waals surface area contributed by atoms with Gasteiger partial charge in [0.05, 0.1) is 5.56 Å². The van der Waals surface area contributed by atoms with E-state index in [1.165, 1.54) is 6.07 Å². The van der Waals surface area contributed by atoms with Gasteiger partial charge in [-0.05, 0) is 6.07 Å². The molecular weight excluding hydrogens is 235 g/mol. The number of hydrogen-bond acceptors (Lipinski definition) is 3. The molecule has 0 aliphatic carbocycles. The molecule has 1 rings (SSSR count). The molecule has 0 fully saturated rings. The first kappa shape index (κ1) is 12.2. The highest BCUT2D eigenvalue weighted by Gasteiger charge is 2.38. The first-order valence-corrected chi connectivity index (χ1v) is 3.76. The van der Waals surface area contributed by atoms with Crippen molar-refractivity contribution in [1.82, 2.24) is 4.98 Å². The molecule has 1 aromatic rings. The van der Waals surface area contributed by atoms with Crippen LogP contribution < -0.4 is 0 Å². The fraction of sp³-hybridized carbons (Fsp3) is 0.250. The lowest BCUT2D eigenvalue weighted by Crippen LogP contribution is -2.11. The van der Waals surface area contributed by atoms with E-state index in [-0.39, 0.29) is 0 Å². The van der Waals surface area contributed by atoms with Gasteiger partial charge in [0.25, 0.3) is 6.43 Å². The second-order valence-corrected chi connectivity index (χ2v) is 2.70. The van der Waals surface area contributed by atoms with Crippen LogP contribution in [0.1, 0.15) is 23.4 Å². The van der Waals surface area contributed by atoms with Gasteiger partial charge in [0, 0.05) is 0 Å². The van der Waals surface area contributed by atoms with Crippen molar-refractivity contribution in [1.29, 1.82) is 5.26 Å². The second-order valence-electron chi connectivity index (χ2n) is 2.70. The number of nitrogens with zero attached hydrogens (tertiary/aromatic N) is 2. The molecule has 0 unspecified atom stereocenters. The molecule has 0 spiro atoms. The SMILES string of the molecule is N#Cc1cc(C(F)F)c(O)c(C(F)(F)F)n1. The lowest BCUT2D eigenvalue weighted by atomic mass is 10.1. The van der Waals surface area contributed by atoms with Crippen molar-refractivity contribution >= 4 is 0 Å². The van der Waals surface area contributed by atoms with Gasteiger partial charge in [-0.25, -0.2) is 13.8 Å². The Labute approximate surface area is 85.8 Å². The maximum atomic E-state index is 12.2. The monoisotopic (exact) mass is 238 g/mol. The quantitative estimate of drug-likeness (QED) is 0.765. The minimum Gasteiger partial charge on any atom is -0.505 e. The molecule has 0 aliphatic rings. The van der Waals surface area contributed by atoms with Gasteiger partial charge in [0.1, 0.15) is 11.8 Å². The van der Waals surface area contributed by atoms with Crippen molar-refractivity contribution in [3.8, 4) is 11.8 Å². The summed E-state index contributed by atoms with van der Waals surface area (Å²) in [6, 6.07) is 1.62. The minimum absolute atomic E-state index is 0.412. The maximum Gasteiger partial charge on any atom is 0.437 e. The highest BCUT2D eigenvalue weighted by atomic mass is 19.4. The fourth-order valence-corrected chi connectivity index (χ4v) is 0.979. The molecule has 0 bridgehead atoms. The number of aromatic nitrogens is 1. The van der Waals surface area contributed by atoms with E-state index in [9.17, 15) is 22.0 Å². The van der Waals surface area contributed by atoms with E-state index in [0.717, 1.165) is 0 Å². The Hall–Kier alpha value is -1.91. The summed E-state index contributed by atoms with van der Waals surface area (Å²) in [4.78, 5) is 2.74. The van der Waals surface area contributed by atoms with Crippen LogP contribution in [0.2, 0.25) is 0 Å². The van der Waals surface area contributed by atoms with Crippen molar-refractivity contribution < 1.29 is 27.1 Å². The Balaban J connectivity index is 3.52. The van der Waals surface area contributed by atoms with Gasteiger partial charge in [-0.2, -0.15) is 18.4 Å². The topological polar surface area (TPSA) is 56.9 Å². The predicted octanol–water partition coefficient (Wildman–Crippen LogP) is 2.62.